The summed E-state index contributed by atoms with van der Waals surface area (Å²) in [5.41, 5.74) is 1.61. The molecule has 0 spiro atoms. The monoisotopic (exact) mass is 313 g/mol. The van der Waals surface area contributed by atoms with Crippen molar-refractivity contribution in [2.45, 2.75) is 18.6 Å². The summed E-state index contributed by atoms with van der Waals surface area (Å²) in [4.78, 5) is 8.90. The highest BCUT2D eigenvalue weighted by molar-refractivity contribution is 5.62. The molecule has 0 aliphatic carbocycles. The zero-order valence-corrected chi connectivity index (χ0v) is 12.9. The first kappa shape index (κ1) is 15.4. The van der Waals surface area contributed by atoms with Gasteiger partial charge in [0.05, 0.1) is 17.6 Å². The van der Waals surface area contributed by atoms with Crippen molar-refractivity contribution in [1.29, 1.82) is 0 Å². The van der Waals surface area contributed by atoms with Crippen molar-refractivity contribution in [3.05, 3.63) is 43.4 Å². The molecule has 2 atom stereocenters. The highest BCUT2D eigenvalue weighted by atomic mass is 19.1. The predicted octanol–water partition coefficient (Wildman–Crippen LogP) is 2.80. The topological polar surface area (TPSA) is 54.8 Å². The van der Waals surface area contributed by atoms with Gasteiger partial charge in [0.25, 0.3) is 0 Å². The van der Waals surface area contributed by atoms with Crippen LogP contribution in [0.15, 0.2) is 37.6 Å². The standard InChI is InChI=1S/C17H20FN5/c1-3-17-20-11-15(23(17)4-2)14-6-5-7-16(22-14)21-13-8-12(18)9-19-10-13/h3-7,11-13,19H,1-2,8-10H2,(H,21,22)/t12-,13?/m0/s1. The van der Waals surface area contributed by atoms with Crippen molar-refractivity contribution < 1.29 is 4.39 Å². The van der Waals surface area contributed by atoms with Crippen LogP contribution in [0.5, 0.6) is 0 Å². The predicted molar refractivity (Wildman–Crippen MR) is 91.7 cm³/mol. The molecule has 5 nitrogen and oxygen atoms in total. The lowest BCUT2D eigenvalue weighted by molar-refractivity contribution is 0.255. The zero-order valence-electron chi connectivity index (χ0n) is 12.9. The van der Waals surface area contributed by atoms with Gasteiger partial charge in [-0.2, -0.15) is 0 Å². The maximum atomic E-state index is 13.5. The van der Waals surface area contributed by atoms with Crippen LogP contribution >= 0.6 is 0 Å². The van der Waals surface area contributed by atoms with Crippen LogP contribution in [0.1, 0.15) is 12.2 Å². The van der Waals surface area contributed by atoms with Crippen LogP contribution < -0.4 is 10.6 Å². The Hall–Kier alpha value is -2.47. The molecule has 1 saturated heterocycles. The minimum atomic E-state index is -0.818. The van der Waals surface area contributed by atoms with Gasteiger partial charge in [-0.3, -0.25) is 4.57 Å². The van der Waals surface area contributed by atoms with Gasteiger partial charge in [0.15, 0.2) is 0 Å². The number of aromatic nitrogens is 3. The Bertz CT molecular complexity index is 709. The van der Waals surface area contributed by atoms with E-state index in [0.29, 0.717) is 18.8 Å². The van der Waals surface area contributed by atoms with Crippen molar-refractivity contribution in [2.24, 2.45) is 0 Å². The maximum Gasteiger partial charge on any atom is 0.136 e. The lowest BCUT2D eigenvalue weighted by atomic mass is 10.1. The fourth-order valence-electron chi connectivity index (χ4n) is 2.77. The van der Waals surface area contributed by atoms with Crippen molar-refractivity contribution >= 4 is 18.1 Å². The quantitative estimate of drug-likeness (QED) is 0.891. The molecular formula is C17H20FN5. The Morgan fingerprint density at radius 1 is 1.35 bits per heavy atom. The van der Waals surface area contributed by atoms with E-state index in [0.717, 1.165) is 23.8 Å². The maximum absolute atomic E-state index is 13.5. The normalized spacial score (nSPS) is 20.9. The summed E-state index contributed by atoms with van der Waals surface area (Å²) in [6.07, 6.45) is 4.76. The van der Waals surface area contributed by atoms with E-state index < -0.39 is 6.17 Å². The fourth-order valence-corrected chi connectivity index (χ4v) is 2.77. The largest absolute Gasteiger partial charge is 0.366 e. The summed E-state index contributed by atoms with van der Waals surface area (Å²) >= 11 is 0. The molecule has 0 aromatic carbocycles. The average molecular weight is 313 g/mol. The molecule has 2 aromatic rings. The SMILES string of the molecule is C=Cc1ncc(-c2cccc(NC3CNC[C@@H](F)C3)n2)n1C=C. The number of nitrogens with one attached hydrogen (secondary N) is 2. The highest BCUT2D eigenvalue weighted by Gasteiger charge is 2.21. The van der Waals surface area contributed by atoms with Gasteiger partial charge in [-0.05, 0) is 18.2 Å². The van der Waals surface area contributed by atoms with E-state index in [1.165, 1.54) is 0 Å². The number of hydrogen-bond donors (Lipinski definition) is 2. The van der Waals surface area contributed by atoms with Crippen molar-refractivity contribution in [3.8, 4) is 11.4 Å². The number of piperidine rings is 1. The molecule has 0 amide bonds. The highest BCUT2D eigenvalue weighted by Crippen LogP contribution is 2.22. The lowest BCUT2D eigenvalue weighted by Gasteiger charge is -2.26. The number of rotatable bonds is 5. The Morgan fingerprint density at radius 3 is 2.96 bits per heavy atom. The third-order valence-corrected chi connectivity index (χ3v) is 3.85. The van der Waals surface area contributed by atoms with Crippen LogP contribution in [-0.2, 0) is 0 Å². The molecule has 0 saturated carbocycles. The number of halogens is 1. The van der Waals surface area contributed by atoms with Crippen LogP contribution in [0.4, 0.5) is 10.2 Å². The van der Waals surface area contributed by atoms with Gasteiger partial charge in [-0.1, -0.05) is 19.2 Å². The number of nitrogens with zero attached hydrogens (tertiary/aromatic N) is 3. The first-order valence-corrected chi connectivity index (χ1v) is 7.62. The Kier molecular flexibility index (Phi) is 4.52. The second-order valence-electron chi connectivity index (χ2n) is 5.50. The summed E-state index contributed by atoms with van der Waals surface area (Å²) in [7, 11) is 0. The van der Waals surface area contributed by atoms with E-state index in [2.05, 4.69) is 33.8 Å². The Balaban J connectivity index is 1.84. The first-order valence-electron chi connectivity index (χ1n) is 7.62. The summed E-state index contributed by atoms with van der Waals surface area (Å²) in [5, 5.41) is 6.37. The van der Waals surface area contributed by atoms with Crippen molar-refractivity contribution in [2.75, 3.05) is 18.4 Å². The molecule has 23 heavy (non-hydrogen) atoms. The van der Waals surface area contributed by atoms with Gasteiger partial charge in [0, 0.05) is 31.8 Å². The van der Waals surface area contributed by atoms with Gasteiger partial charge in [0.2, 0.25) is 0 Å². The number of imidazole rings is 1. The molecule has 3 rings (SSSR count). The molecule has 2 N–H and O–H groups in total. The third kappa shape index (κ3) is 3.32. The van der Waals surface area contributed by atoms with Crippen LogP contribution in [0.3, 0.4) is 0 Å². The molecule has 0 radical (unpaired) electrons. The molecule has 1 fully saturated rings. The average Bonchev–Trinajstić information content (AvgIpc) is 2.98. The third-order valence-electron chi connectivity index (χ3n) is 3.85. The summed E-state index contributed by atoms with van der Waals surface area (Å²) in [6, 6.07) is 5.75. The van der Waals surface area contributed by atoms with Gasteiger partial charge in [0.1, 0.15) is 17.8 Å². The van der Waals surface area contributed by atoms with Crippen LogP contribution in [0.25, 0.3) is 23.7 Å². The second kappa shape index (κ2) is 6.75. The zero-order chi connectivity index (χ0) is 16.2. The Labute approximate surface area is 135 Å². The van der Waals surface area contributed by atoms with E-state index in [4.69, 9.17) is 0 Å². The van der Waals surface area contributed by atoms with Gasteiger partial charge in [-0.15, -0.1) is 0 Å². The second-order valence-corrected chi connectivity index (χ2v) is 5.50. The number of anilines is 1. The van der Waals surface area contributed by atoms with Crippen LogP contribution in [0.2, 0.25) is 0 Å². The van der Waals surface area contributed by atoms with E-state index in [1.54, 1.807) is 18.5 Å². The minimum Gasteiger partial charge on any atom is -0.366 e. The molecule has 2 aromatic heterocycles. The van der Waals surface area contributed by atoms with E-state index in [-0.39, 0.29) is 6.04 Å². The van der Waals surface area contributed by atoms with E-state index in [9.17, 15) is 4.39 Å². The molecular weight excluding hydrogens is 293 g/mol. The summed E-state index contributed by atoms with van der Waals surface area (Å²) in [6.45, 7) is 8.71. The number of alkyl halides is 1. The molecule has 6 heteroatoms. The molecule has 1 aliphatic heterocycles. The van der Waals surface area contributed by atoms with Gasteiger partial charge in [-0.25, -0.2) is 14.4 Å². The molecule has 120 valence electrons. The molecule has 3 heterocycles. The van der Waals surface area contributed by atoms with Crippen LogP contribution in [0, 0.1) is 0 Å². The molecule has 1 aliphatic rings. The lowest BCUT2D eigenvalue weighted by Crippen LogP contribution is -2.44. The number of hydrogen-bond acceptors (Lipinski definition) is 4. The molecule has 1 unspecified atom stereocenters. The van der Waals surface area contributed by atoms with Gasteiger partial charge < -0.3 is 10.6 Å². The Morgan fingerprint density at radius 2 is 2.22 bits per heavy atom. The van der Waals surface area contributed by atoms with E-state index >= 15 is 0 Å². The van der Waals surface area contributed by atoms with Crippen molar-refractivity contribution in [3.63, 3.8) is 0 Å². The minimum absolute atomic E-state index is 0.0366. The van der Waals surface area contributed by atoms with Crippen molar-refractivity contribution in [1.82, 2.24) is 19.9 Å². The first-order chi connectivity index (χ1) is 11.2. The van der Waals surface area contributed by atoms with Gasteiger partial charge >= 0.3 is 0 Å². The van der Waals surface area contributed by atoms with E-state index in [1.807, 2.05) is 22.8 Å². The fraction of sp³-hybridized carbons (Fsp3) is 0.294. The summed E-state index contributed by atoms with van der Waals surface area (Å²) < 4.78 is 15.3. The smallest absolute Gasteiger partial charge is 0.136 e. The number of pyridine rings is 1. The molecule has 0 bridgehead atoms. The summed E-state index contributed by atoms with van der Waals surface area (Å²) in [5.74, 6) is 1.44. The van der Waals surface area contributed by atoms with Crippen LogP contribution in [-0.4, -0.2) is 39.8 Å².